The summed E-state index contributed by atoms with van der Waals surface area (Å²) in [5.41, 5.74) is 3.20. The van der Waals surface area contributed by atoms with Gasteiger partial charge < -0.3 is 14.0 Å². The third-order valence-electron chi connectivity index (χ3n) is 4.79. The first-order valence-corrected chi connectivity index (χ1v) is 9.76. The Morgan fingerprint density at radius 2 is 1.81 bits per heavy atom. The van der Waals surface area contributed by atoms with Gasteiger partial charge in [-0.3, -0.25) is 4.72 Å². The first-order chi connectivity index (χ1) is 13.1. The Hall–Kier alpha value is -2.80. The molecule has 0 saturated carbocycles. The van der Waals surface area contributed by atoms with E-state index in [1.807, 2.05) is 18.2 Å². The van der Waals surface area contributed by atoms with Crippen LogP contribution in [0.3, 0.4) is 0 Å². The monoisotopic (exact) mass is 384 g/mol. The Bertz CT molecular complexity index is 993. The van der Waals surface area contributed by atoms with Crippen LogP contribution < -0.4 is 14.2 Å². The summed E-state index contributed by atoms with van der Waals surface area (Å²) in [6.45, 7) is 2.17. The van der Waals surface area contributed by atoms with Gasteiger partial charge in [0.25, 0.3) is 0 Å². The number of nitrogens with zero attached hydrogens (tertiary/aromatic N) is 1. The SMILES string of the molecule is COc1cccc(OC)c1S(=O)Nc1noc2c1CC(C)c1ccccc1-2. The van der Waals surface area contributed by atoms with Crippen LogP contribution in [0.15, 0.2) is 51.9 Å². The van der Waals surface area contributed by atoms with Crippen molar-refractivity contribution in [1.29, 1.82) is 0 Å². The molecule has 0 fully saturated rings. The van der Waals surface area contributed by atoms with Gasteiger partial charge in [0.2, 0.25) is 0 Å². The van der Waals surface area contributed by atoms with Crippen LogP contribution in [0.4, 0.5) is 5.82 Å². The Morgan fingerprint density at radius 3 is 2.52 bits per heavy atom. The molecule has 2 aromatic carbocycles. The molecule has 0 radical (unpaired) electrons. The van der Waals surface area contributed by atoms with Crippen molar-refractivity contribution in [1.82, 2.24) is 5.16 Å². The molecule has 0 saturated heterocycles. The number of ether oxygens (including phenoxy) is 2. The number of hydrogen-bond donors (Lipinski definition) is 1. The van der Waals surface area contributed by atoms with Gasteiger partial charge in [-0.2, -0.15) is 0 Å². The van der Waals surface area contributed by atoms with Crippen LogP contribution in [-0.2, 0) is 17.4 Å². The molecule has 27 heavy (non-hydrogen) atoms. The second-order valence-electron chi connectivity index (χ2n) is 6.39. The van der Waals surface area contributed by atoms with E-state index >= 15 is 0 Å². The van der Waals surface area contributed by atoms with Gasteiger partial charge in [0.15, 0.2) is 22.6 Å². The van der Waals surface area contributed by atoms with Gasteiger partial charge in [-0.25, -0.2) is 4.21 Å². The molecule has 1 heterocycles. The quantitative estimate of drug-likeness (QED) is 0.715. The maximum Gasteiger partial charge on any atom is 0.185 e. The Labute approximate surface area is 160 Å². The smallest absolute Gasteiger partial charge is 0.185 e. The minimum atomic E-state index is -1.63. The van der Waals surface area contributed by atoms with Gasteiger partial charge in [0, 0.05) is 11.1 Å². The number of benzene rings is 2. The second-order valence-corrected chi connectivity index (χ2v) is 7.54. The third-order valence-corrected chi connectivity index (χ3v) is 5.94. The first-order valence-electron chi connectivity index (χ1n) is 8.61. The van der Waals surface area contributed by atoms with Crippen LogP contribution in [0.1, 0.15) is 24.0 Å². The van der Waals surface area contributed by atoms with Crippen molar-refractivity contribution in [3.8, 4) is 22.8 Å². The lowest BCUT2D eigenvalue weighted by Crippen LogP contribution is -2.12. The summed E-state index contributed by atoms with van der Waals surface area (Å²) in [5.74, 6) is 2.50. The van der Waals surface area contributed by atoms with Gasteiger partial charge in [0.1, 0.15) is 16.4 Å². The predicted molar refractivity (Wildman–Crippen MR) is 104 cm³/mol. The van der Waals surface area contributed by atoms with Gasteiger partial charge in [-0.15, -0.1) is 0 Å². The minimum Gasteiger partial charge on any atom is -0.495 e. The lowest BCUT2D eigenvalue weighted by molar-refractivity contribution is 0.375. The van der Waals surface area contributed by atoms with E-state index in [0.29, 0.717) is 28.1 Å². The summed E-state index contributed by atoms with van der Waals surface area (Å²) in [7, 11) is 1.44. The molecule has 0 amide bonds. The molecule has 140 valence electrons. The van der Waals surface area contributed by atoms with E-state index in [0.717, 1.165) is 23.3 Å². The van der Waals surface area contributed by atoms with E-state index in [-0.39, 0.29) is 0 Å². The van der Waals surface area contributed by atoms with Gasteiger partial charge in [-0.1, -0.05) is 42.4 Å². The van der Waals surface area contributed by atoms with Gasteiger partial charge >= 0.3 is 0 Å². The summed E-state index contributed by atoms with van der Waals surface area (Å²) in [6.07, 6.45) is 0.762. The third kappa shape index (κ3) is 2.98. The lowest BCUT2D eigenvalue weighted by Gasteiger charge is -2.21. The van der Waals surface area contributed by atoms with E-state index < -0.39 is 11.0 Å². The molecular weight excluding hydrogens is 364 g/mol. The van der Waals surface area contributed by atoms with Crippen molar-refractivity contribution in [2.75, 3.05) is 18.9 Å². The fourth-order valence-electron chi connectivity index (χ4n) is 3.48. The van der Waals surface area contributed by atoms with Crippen molar-refractivity contribution < 1.29 is 18.2 Å². The molecule has 7 heteroatoms. The van der Waals surface area contributed by atoms with E-state index in [9.17, 15) is 4.21 Å². The summed E-state index contributed by atoms with van der Waals surface area (Å²) >= 11 is 0. The van der Waals surface area contributed by atoms with E-state index in [4.69, 9.17) is 14.0 Å². The number of rotatable bonds is 5. The normalized spacial score (nSPS) is 16.2. The van der Waals surface area contributed by atoms with Crippen molar-refractivity contribution >= 4 is 16.8 Å². The van der Waals surface area contributed by atoms with Crippen LogP contribution in [0, 0.1) is 0 Å². The van der Waals surface area contributed by atoms with Crippen LogP contribution >= 0.6 is 0 Å². The maximum absolute atomic E-state index is 13.0. The predicted octanol–water partition coefficient (Wildman–Crippen LogP) is 4.15. The van der Waals surface area contributed by atoms with Gasteiger partial charge in [-0.05, 0) is 30.0 Å². The van der Waals surface area contributed by atoms with Crippen LogP contribution in [0.25, 0.3) is 11.3 Å². The highest BCUT2D eigenvalue weighted by Crippen LogP contribution is 2.43. The largest absolute Gasteiger partial charge is 0.495 e. The molecule has 1 aliphatic rings. The highest BCUT2D eigenvalue weighted by atomic mass is 32.2. The molecule has 0 spiro atoms. The Kier molecular flexibility index (Phi) is 4.61. The summed E-state index contributed by atoms with van der Waals surface area (Å²) in [5, 5.41) is 4.15. The molecule has 4 rings (SSSR count). The average molecular weight is 384 g/mol. The number of hydrogen-bond acceptors (Lipinski definition) is 5. The van der Waals surface area contributed by atoms with E-state index in [1.165, 1.54) is 19.8 Å². The molecule has 0 bridgehead atoms. The van der Waals surface area contributed by atoms with Gasteiger partial charge in [0.05, 0.1) is 14.2 Å². The highest BCUT2D eigenvalue weighted by Gasteiger charge is 2.29. The molecule has 3 aromatic rings. The zero-order chi connectivity index (χ0) is 19.0. The van der Waals surface area contributed by atoms with E-state index in [2.05, 4.69) is 22.9 Å². The molecule has 0 aliphatic heterocycles. The second kappa shape index (κ2) is 7.08. The van der Waals surface area contributed by atoms with Crippen molar-refractivity contribution in [2.45, 2.75) is 24.2 Å². The zero-order valence-corrected chi connectivity index (χ0v) is 16.1. The average Bonchev–Trinajstić information content (AvgIpc) is 3.10. The minimum absolute atomic E-state index is 0.322. The number of anilines is 1. The zero-order valence-electron chi connectivity index (χ0n) is 15.3. The molecule has 2 atom stereocenters. The number of aromatic nitrogens is 1. The fraction of sp³-hybridized carbons (Fsp3) is 0.250. The van der Waals surface area contributed by atoms with Crippen molar-refractivity contribution in [3.63, 3.8) is 0 Å². The topological polar surface area (TPSA) is 73.6 Å². The molecular formula is C20H20N2O4S. The Morgan fingerprint density at radius 1 is 1.11 bits per heavy atom. The van der Waals surface area contributed by atoms with E-state index in [1.54, 1.807) is 18.2 Å². The summed E-state index contributed by atoms with van der Waals surface area (Å²) in [4.78, 5) is 0.434. The van der Waals surface area contributed by atoms with Crippen LogP contribution in [-0.4, -0.2) is 23.6 Å². The Balaban J connectivity index is 1.71. The fourth-order valence-corrected chi connectivity index (χ4v) is 4.59. The number of methoxy groups -OCH3 is 2. The molecule has 1 aliphatic carbocycles. The number of nitrogens with one attached hydrogen (secondary N) is 1. The molecule has 6 nitrogen and oxygen atoms in total. The highest BCUT2D eigenvalue weighted by molar-refractivity contribution is 7.86. The molecule has 2 unspecified atom stereocenters. The summed E-state index contributed by atoms with van der Waals surface area (Å²) < 4.78 is 32.3. The standard InChI is InChI=1S/C20H20N2O4S/c1-12-11-15-18(14-8-5-4-7-13(12)14)26-21-20(15)22-27(23)19-16(24-2)9-6-10-17(19)25-3/h4-10,12H,11H2,1-3H3,(H,21,22). The van der Waals surface area contributed by atoms with Crippen LogP contribution in [0.5, 0.6) is 11.5 Å². The van der Waals surface area contributed by atoms with Crippen molar-refractivity contribution in [3.05, 3.63) is 53.6 Å². The van der Waals surface area contributed by atoms with Crippen LogP contribution in [0.2, 0.25) is 0 Å². The molecule has 1 N–H and O–H groups in total. The maximum atomic E-state index is 13.0. The first kappa shape index (κ1) is 17.6. The molecule has 1 aromatic heterocycles. The number of fused-ring (bicyclic) bond motifs is 3. The van der Waals surface area contributed by atoms with Crippen molar-refractivity contribution in [2.24, 2.45) is 0 Å². The lowest BCUT2D eigenvalue weighted by atomic mass is 9.83. The summed E-state index contributed by atoms with van der Waals surface area (Å²) in [6, 6.07) is 13.4.